The second-order valence-corrected chi connectivity index (χ2v) is 7.69. The Morgan fingerprint density at radius 2 is 2.27 bits per heavy atom. The largest absolute Gasteiger partial charge is 0.349 e. The summed E-state index contributed by atoms with van der Waals surface area (Å²) in [6.07, 6.45) is 4.62. The highest BCUT2D eigenvalue weighted by molar-refractivity contribution is 7.11. The van der Waals surface area contributed by atoms with Crippen molar-refractivity contribution in [2.45, 2.75) is 52.0 Å². The summed E-state index contributed by atoms with van der Waals surface area (Å²) in [5.74, 6) is 1.11. The van der Waals surface area contributed by atoms with Gasteiger partial charge in [0.15, 0.2) is 0 Å². The Bertz CT molecular complexity index is 521. The number of nitrogens with zero attached hydrogens (tertiary/aromatic N) is 2. The van der Waals surface area contributed by atoms with E-state index in [1.54, 1.807) is 11.3 Å². The van der Waals surface area contributed by atoms with Crippen molar-refractivity contribution in [3.63, 3.8) is 0 Å². The molecule has 2 aliphatic rings. The monoisotopic (exact) mass is 344 g/mol. The molecule has 1 saturated carbocycles. The Kier molecular flexibility index (Phi) is 5.80. The number of hydrogen-bond acceptors (Lipinski definition) is 5. The minimum atomic E-state index is -0.177. The Hall–Kier alpha value is -0.720. The molecule has 0 aromatic carbocycles. The molecule has 1 saturated heterocycles. The van der Waals surface area contributed by atoms with Gasteiger partial charge in [-0.15, -0.1) is 22.6 Å². The molecule has 0 bridgehead atoms. The highest BCUT2D eigenvalue weighted by Crippen LogP contribution is 2.43. The number of nitrogens with one attached hydrogen (secondary N) is 2. The summed E-state index contributed by atoms with van der Waals surface area (Å²) in [4.78, 5) is 12.7. The first kappa shape index (κ1) is 17.6. The van der Waals surface area contributed by atoms with E-state index in [9.17, 15) is 4.79 Å². The number of fused-ring (bicyclic) bond motifs is 1. The lowest BCUT2D eigenvalue weighted by atomic mass is 9.67. The predicted octanol–water partition coefficient (Wildman–Crippen LogP) is 2.48. The van der Waals surface area contributed by atoms with E-state index in [1.807, 2.05) is 0 Å². The van der Waals surface area contributed by atoms with Crippen molar-refractivity contribution in [1.82, 2.24) is 20.8 Å². The highest BCUT2D eigenvalue weighted by Gasteiger charge is 2.49. The molecule has 5 nitrogen and oxygen atoms in total. The van der Waals surface area contributed by atoms with Crippen molar-refractivity contribution in [3.05, 3.63) is 10.0 Å². The fourth-order valence-electron chi connectivity index (χ4n) is 3.59. The molecule has 0 spiro atoms. The van der Waals surface area contributed by atoms with Gasteiger partial charge in [-0.3, -0.25) is 4.79 Å². The molecule has 1 aromatic rings. The third-order valence-corrected chi connectivity index (χ3v) is 6.09. The van der Waals surface area contributed by atoms with E-state index in [4.69, 9.17) is 0 Å². The van der Waals surface area contributed by atoms with E-state index in [0.29, 0.717) is 18.4 Å². The van der Waals surface area contributed by atoms with E-state index >= 15 is 0 Å². The maximum absolute atomic E-state index is 12.7. The van der Waals surface area contributed by atoms with Crippen LogP contribution in [-0.2, 0) is 11.3 Å². The lowest BCUT2D eigenvalue weighted by Gasteiger charge is -2.37. The van der Waals surface area contributed by atoms with Gasteiger partial charge in [0.05, 0.1) is 12.0 Å². The molecule has 0 unspecified atom stereocenters. The van der Waals surface area contributed by atoms with Crippen LogP contribution in [0.15, 0.2) is 0 Å². The first-order chi connectivity index (χ1) is 10.1. The van der Waals surface area contributed by atoms with Crippen LogP contribution in [0.3, 0.4) is 0 Å². The molecule has 22 heavy (non-hydrogen) atoms. The zero-order valence-electron chi connectivity index (χ0n) is 13.2. The van der Waals surface area contributed by atoms with Gasteiger partial charge in [-0.1, -0.05) is 38.0 Å². The van der Waals surface area contributed by atoms with Gasteiger partial charge in [0.25, 0.3) is 0 Å². The average Bonchev–Trinajstić information content (AvgIpc) is 3.12. The third kappa shape index (κ3) is 3.29. The van der Waals surface area contributed by atoms with Crippen molar-refractivity contribution in [2.75, 3.05) is 13.1 Å². The summed E-state index contributed by atoms with van der Waals surface area (Å²) in [7, 11) is 0. The number of carbonyl (C=O) groups excluding carboxylic acids is 1. The van der Waals surface area contributed by atoms with E-state index < -0.39 is 0 Å². The standard InChI is InChI=1S/C15H24N4OS.ClH/c1-10(2)13-19-18-12(21-13)8-17-14(20)15-6-4-3-5-11(15)7-16-9-15;/h10-11,16H,3-9H2,1-2H3,(H,17,20);1H/t11-,15+;/m0./s1. The van der Waals surface area contributed by atoms with Crippen molar-refractivity contribution in [3.8, 4) is 0 Å². The third-order valence-electron chi connectivity index (χ3n) is 4.87. The molecule has 124 valence electrons. The van der Waals surface area contributed by atoms with E-state index in [2.05, 4.69) is 34.7 Å². The number of carbonyl (C=O) groups is 1. The molecular weight excluding hydrogens is 320 g/mol. The molecule has 1 aliphatic carbocycles. The smallest absolute Gasteiger partial charge is 0.228 e. The van der Waals surface area contributed by atoms with Crippen LogP contribution >= 0.6 is 23.7 Å². The van der Waals surface area contributed by atoms with Crippen LogP contribution in [-0.4, -0.2) is 29.2 Å². The van der Waals surface area contributed by atoms with E-state index in [1.165, 1.54) is 19.3 Å². The lowest BCUT2D eigenvalue weighted by Crippen LogP contribution is -2.47. The maximum atomic E-state index is 12.7. The van der Waals surface area contributed by atoms with E-state index in [-0.39, 0.29) is 23.7 Å². The summed E-state index contributed by atoms with van der Waals surface area (Å²) in [5, 5.41) is 16.8. The molecule has 0 radical (unpaired) electrons. The van der Waals surface area contributed by atoms with Crippen molar-refractivity contribution < 1.29 is 4.79 Å². The predicted molar refractivity (Wildman–Crippen MR) is 90.4 cm³/mol. The summed E-state index contributed by atoms with van der Waals surface area (Å²) < 4.78 is 0. The highest BCUT2D eigenvalue weighted by atomic mass is 35.5. The van der Waals surface area contributed by atoms with Crippen molar-refractivity contribution in [1.29, 1.82) is 0 Å². The van der Waals surface area contributed by atoms with Gasteiger partial charge >= 0.3 is 0 Å². The van der Waals surface area contributed by atoms with Crippen LogP contribution in [0.1, 0.15) is 55.5 Å². The van der Waals surface area contributed by atoms with Crippen LogP contribution < -0.4 is 10.6 Å². The zero-order chi connectivity index (χ0) is 14.9. The Morgan fingerprint density at radius 1 is 1.45 bits per heavy atom. The molecular formula is C15H25ClN4OS. The van der Waals surface area contributed by atoms with Crippen LogP contribution in [0.5, 0.6) is 0 Å². The van der Waals surface area contributed by atoms with Crippen molar-refractivity contribution in [2.24, 2.45) is 11.3 Å². The Balaban J connectivity index is 0.00000176. The summed E-state index contributed by atoms with van der Waals surface area (Å²) in [5.41, 5.74) is -0.177. The fraction of sp³-hybridized carbons (Fsp3) is 0.800. The fourth-order valence-corrected chi connectivity index (χ4v) is 4.38. The minimum Gasteiger partial charge on any atom is -0.349 e. The van der Waals surface area contributed by atoms with Crippen LogP contribution in [0.25, 0.3) is 0 Å². The van der Waals surface area contributed by atoms with Gasteiger partial charge in [-0.05, 0) is 25.3 Å². The number of aromatic nitrogens is 2. The van der Waals surface area contributed by atoms with Gasteiger partial charge in [-0.2, -0.15) is 0 Å². The SMILES string of the molecule is CC(C)c1nnc(CNC(=O)[C@@]23CCCC[C@H]2CNC3)s1.Cl. The summed E-state index contributed by atoms with van der Waals surface area (Å²) >= 11 is 1.60. The van der Waals surface area contributed by atoms with Gasteiger partial charge in [0, 0.05) is 12.5 Å². The maximum Gasteiger partial charge on any atom is 0.228 e. The Morgan fingerprint density at radius 3 is 3.00 bits per heavy atom. The summed E-state index contributed by atoms with van der Waals surface area (Å²) in [6.45, 7) is 6.55. The average molecular weight is 345 g/mol. The Labute approximate surface area is 142 Å². The molecule has 2 atom stereocenters. The topological polar surface area (TPSA) is 66.9 Å². The normalized spacial score (nSPS) is 27.3. The molecule has 2 fully saturated rings. The number of rotatable bonds is 4. The first-order valence-corrected chi connectivity index (χ1v) is 8.75. The van der Waals surface area contributed by atoms with Crippen molar-refractivity contribution >= 4 is 29.7 Å². The molecule has 3 rings (SSSR count). The number of amides is 1. The number of halogens is 1. The van der Waals surface area contributed by atoms with Crippen LogP contribution in [0.4, 0.5) is 0 Å². The quantitative estimate of drug-likeness (QED) is 0.880. The molecule has 2 heterocycles. The van der Waals surface area contributed by atoms with Gasteiger partial charge in [0.1, 0.15) is 10.0 Å². The molecule has 1 aliphatic heterocycles. The second kappa shape index (κ2) is 7.23. The van der Waals surface area contributed by atoms with Gasteiger partial charge < -0.3 is 10.6 Å². The zero-order valence-corrected chi connectivity index (χ0v) is 14.9. The number of hydrogen-bond donors (Lipinski definition) is 2. The molecule has 1 aromatic heterocycles. The molecule has 1 amide bonds. The second-order valence-electron chi connectivity index (χ2n) is 6.60. The minimum absolute atomic E-state index is 0. The summed E-state index contributed by atoms with van der Waals surface area (Å²) in [6, 6.07) is 0. The van der Waals surface area contributed by atoms with Crippen LogP contribution in [0, 0.1) is 11.3 Å². The molecule has 7 heteroatoms. The molecule has 2 N–H and O–H groups in total. The van der Waals surface area contributed by atoms with Gasteiger partial charge in [0.2, 0.25) is 5.91 Å². The first-order valence-electron chi connectivity index (χ1n) is 7.93. The van der Waals surface area contributed by atoms with E-state index in [0.717, 1.165) is 29.5 Å². The lowest BCUT2D eigenvalue weighted by molar-refractivity contribution is -0.134. The van der Waals surface area contributed by atoms with Gasteiger partial charge in [-0.25, -0.2) is 0 Å². The van der Waals surface area contributed by atoms with Crippen LogP contribution in [0.2, 0.25) is 0 Å².